The quantitative estimate of drug-likeness (QED) is 0.846. The third-order valence-corrected chi connectivity index (χ3v) is 3.99. The zero-order valence-electron chi connectivity index (χ0n) is 12.4. The van der Waals surface area contributed by atoms with E-state index in [1.54, 1.807) is 0 Å². The molecule has 2 rings (SSSR count). The summed E-state index contributed by atoms with van der Waals surface area (Å²) in [5.41, 5.74) is 1.27. The molecule has 106 valence electrons. The lowest BCUT2D eigenvalue weighted by Gasteiger charge is -2.29. The van der Waals surface area contributed by atoms with Crippen molar-refractivity contribution in [2.75, 3.05) is 38.6 Å². The Balaban J connectivity index is 2.05. The lowest BCUT2D eigenvalue weighted by Crippen LogP contribution is -2.39. The Morgan fingerprint density at radius 3 is 3.11 bits per heavy atom. The topological polar surface area (TPSA) is 31.4 Å². The summed E-state index contributed by atoms with van der Waals surface area (Å²) >= 11 is 0. The highest BCUT2D eigenvalue weighted by atomic mass is 15.2. The van der Waals surface area contributed by atoms with Crippen molar-refractivity contribution in [1.29, 1.82) is 0 Å². The molecule has 1 aromatic rings. The summed E-state index contributed by atoms with van der Waals surface area (Å²) in [5.74, 6) is 1.11. The van der Waals surface area contributed by atoms with Gasteiger partial charge >= 0.3 is 0 Å². The normalized spacial score (nSPS) is 19.8. The van der Waals surface area contributed by atoms with E-state index < -0.39 is 0 Å². The summed E-state index contributed by atoms with van der Waals surface area (Å²) in [7, 11) is 4.14. The van der Waals surface area contributed by atoms with E-state index in [-0.39, 0.29) is 0 Å². The van der Waals surface area contributed by atoms with Crippen molar-refractivity contribution in [3.05, 3.63) is 23.9 Å². The monoisotopic (exact) mass is 262 g/mol. The number of nitrogens with zero attached hydrogens (tertiary/aromatic N) is 3. The molecule has 1 atom stereocenters. The number of anilines is 1. The van der Waals surface area contributed by atoms with Crippen molar-refractivity contribution >= 4 is 5.82 Å². The maximum absolute atomic E-state index is 4.56. The molecule has 1 aliphatic rings. The molecular formula is C15H26N4. The Kier molecular flexibility index (Phi) is 5.16. The van der Waals surface area contributed by atoms with Crippen molar-refractivity contribution in [2.45, 2.75) is 32.4 Å². The molecule has 0 aromatic carbocycles. The zero-order chi connectivity index (χ0) is 13.7. The first-order chi connectivity index (χ1) is 9.26. The van der Waals surface area contributed by atoms with Crippen LogP contribution >= 0.6 is 0 Å². The van der Waals surface area contributed by atoms with Crippen LogP contribution in [0.1, 0.15) is 25.3 Å². The lowest BCUT2D eigenvalue weighted by atomic mass is 10.2. The second kappa shape index (κ2) is 6.87. The highest BCUT2D eigenvalue weighted by molar-refractivity contribution is 5.46. The van der Waals surface area contributed by atoms with Crippen LogP contribution in [0.15, 0.2) is 18.3 Å². The van der Waals surface area contributed by atoms with Crippen molar-refractivity contribution in [1.82, 2.24) is 15.2 Å². The standard InChI is InChI=1S/C15H26N4/c1-4-19-10-6-8-14(19)12-18(3)15-13(11-16-2)7-5-9-17-15/h5,7,9,14,16H,4,6,8,10-12H2,1-3H3. The molecule has 1 unspecified atom stereocenters. The average Bonchev–Trinajstić information content (AvgIpc) is 2.87. The van der Waals surface area contributed by atoms with Crippen molar-refractivity contribution < 1.29 is 0 Å². The molecule has 1 aliphatic heterocycles. The van der Waals surface area contributed by atoms with E-state index in [1.165, 1.54) is 24.9 Å². The van der Waals surface area contributed by atoms with E-state index >= 15 is 0 Å². The van der Waals surface area contributed by atoms with Gasteiger partial charge in [-0.3, -0.25) is 4.90 Å². The van der Waals surface area contributed by atoms with Crippen molar-refractivity contribution in [3.63, 3.8) is 0 Å². The fourth-order valence-corrected chi connectivity index (χ4v) is 3.02. The Labute approximate surface area is 116 Å². The number of aromatic nitrogens is 1. The maximum Gasteiger partial charge on any atom is 0.132 e. The van der Waals surface area contributed by atoms with Crippen molar-refractivity contribution in [2.24, 2.45) is 0 Å². The van der Waals surface area contributed by atoms with Crippen LogP contribution in [0.3, 0.4) is 0 Å². The molecule has 19 heavy (non-hydrogen) atoms. The second-order valence-electron chi connectivity index (χ2n) is 5.32. The molecular weight excluding hydrogens is 236 g/mol. The Morgan fingerprint density at radius 1 is 1.53 bits per heavy atom. The molecule has 0 amide bonds. The summed E-state index contributed by atoms with van der Waals surface area (Å²) in [6.07, 6.45) is 4.53. The number of likely N-dealkylation sites (N-methyl/N-ethyl adjacent to an activating group) is 2. The SMILES string of the molecule is CCN1CCCC1CN(C)c1ncccc1CNC. The molecule has 0 bridgehead atoms. The number of pyridine rings is 1. The largest absolute Gasteiger partial charge is 0.358 e. The molecule has 4 heteroatoms. The number of nitrogens with one attached hydrogen (secondary N) is 1. The number of rotatable bonds is 6. The van der Waals surface area contributed by atoms with E-state index in [1.807, 2.05) is 19.3 Å². The first-order valence-corrected chi connectivity index (χ1v) is 7.30. The summed E-state index contributed by atoms with van der Waals surface area (Å²) in [6, 6.07) is 4.85. The van der Waals surface area contributed by atoms with Crippen LogP contribution in [0.25, 0.3) is 0 Å². The van der Waals surface area contributed by atoms with Gasteiger partial charge in [0.15, 0.2) is 0 Å². The maximum atomic E-state index is 4.56. The third kappa shape index (κ3) is 3.45. The Hall–Kier alpha value is -1.13. The van der Waals surface area contributed by atoms with Crippen LogP contribution in [0.2, 0.25) is 0 Å². The molecule has 0 aliphatic carbocycles. The number of hydrogen-bond acceptors (Lipinski definition) is 4. The van der Waals surface area contributed by atoms with Crippen LogP contribution in [0.4, 0.5) is 5.82 Å². The van der Waals surface area contributed by atoms with E-state index in [2.05, 4.69) is 40.1 Å². The minimum atomic E-state index is 0.680. The first kappa shape index (κ1) is 14.3. The van der Waals surface area contributed by atoms with Gasteiger partial charge in [-0.25, -0.2) is 4.98 Å². The van der Waals surface area contributed by atoms with Gasteiger partial charge in [-0.1, -0.05) is 13.0 Å². The summed E-state index contributed by atoms with van der Waals surface area (Å²) in [5, 5.41) is 3.22. The summed E-state index contributed by atoms with van der Waals surface area (Å²) in [6.45, 7) is 6.60. The Morgan fingerprint density at radius 2 is 2.37 bits per heavy atom. The van der Waals surface area contributed by atoms with E-state index in [4.69, 9.17) is 0 Å². The number of hydrogen-bond donors (Lipinski definition) is 1. The fraction of sp³-hybridized carbons (Fsp3) is 0.667. The molecule has 0 spiro atoms. The van der Waals surface area contributed by atoms with Crippen LogP contribution in [0.5, 0.6) is 0 Å². The smallest absolute Gasteiger partial charge is 0.132 e. The first-order valence-electron chi connectivity index (χ1n) is 7.30. The van der Waals surface area contributed by atoms with Gasteiger partial charge in [0.2, 0.25) is 0 Å². The van der Waals surface area contributed by atoms with Gasteiger partial charge in [0.1, 0.15) is 5.82 Å². The van der Waals surface area contributed by atoms with Crippen molar-refractivity contribution in [3.8, 4) is 0 Å². The molecule has 0 radical (unpaired) electrons. The average molecular weight is 262 g/mol. The highest BCUT2D eigenvalue weighted by Gasteiger charge is 2.24. The predicted octanol–water partition coefficient (Wildman–Crippen LogP) is 1.72. The van der Waals surface area contributed by atoms with Crippen LogP contribution in [-0.4, -0.2) is 49.7 Å². The van der Waals surface area contributed by atoms with E-state index in [0.29, 0.717) is 6.04 Å². The zero-order valence-corrected chi connectivity index (χ0v) is 12.4. The summed E-state index contributed by atoms with van der Waals surface area (Å²) in [4.78, 5) is 9.45. The van der Waals surface area contributed by atoms with E-state index in [0.717, 1.165) is 25.5 Å². The fourth-order valence-electron chi connectivity index (χ4n) is 3.02. The third-order valence-electron chi connectivity index (χ3n) is 3.99. The molecule has 2 heterocycles. The second-order valence-corrected chi connectivity index (χ2v) is 5.32. The van der Waals surface area contributed by atoms with Gasteiger partial charge in [-0.05, 0) is 39.0 Å². The van der Waals surface area contributed by atoms with Gasteiger partial charge in [0.25, 0.3) is 0 Å². The number of likely N-dealkylation sites (tertiary alicyclic amines) is 1. The minimum Gasteiger partial charge on any atom is -0.358 e. The van der Waals surface area contributed by atoms with Gasteiger partial charge in [0, 0.05) is 37.9 Å². The minimum absolute atomic E-state index is 0.680. The van der Waals surface area contributed by atoms with Gasteiger partial charge < -0.3 is 10.2 Å². The van der Waals surface area contributed by atoms with Crippen LogP contribution in [-0.2, 0) is 6.54 Å². The van der Waals surface area contributed by atoms with Crippen LogP contribution in [0, 0.1) is 0 Å². The molecule has 1 fully saturated rings. The predicted molar refractivity (Wildman–Crippen MR) is 80.5 cm³/mol. The molecule has 1 saturated heterocycles. The molecule has 1 N–H and O–H groups in total. The lowest BCUT2D eigenvalue weighted by molar-refractivity contribution is 0.270. The van der Waals surface area contributed by atoms with Crippen LogP contribution < -0.4 is 10.2 Å². The molecule has 1 aromatic heterocycles. The van der Waals surface area contributed by atoms with Gasteiger partial charge in [-0.2, -0.15) is 0 Å². The molecule has 4 nitrogen and oxygen atoms in total. The summed E-state index contributed by atoms with van der Waals surface area (Å²) < 4.78 is 0. The molecule has 0 saturated carbocycles. The van der Waals surface area contributed by atoms with Gasteiger partial charge in [-0.15, -0.1) is 0 Å². The van der Waals surface area contributed by atoms with E-state index in [9.17, 15) is 0 Å². The Bertz CT molecular complexity index is 393. The van der Waals surface area contributed by atoms with Gasteiger partial charge in [0.05, 0.1) is 0 Å². The highest BCUT2D eigenvalue weighted by Crippen LogP contribution is 2.21.